The summed E-state index contributed by atoms with van der Waals surface area (Å²) in [6.45, 7) is -1.93. The number of carbonyl (C=O) groups is 1. The van der Waals surface area contributed by atoms with Crippen molar-refractivity contribution < 1.29 is 31.5 Å². The molecule has 0 aromatic heterocycles. The second-order valence-corrected chi connectivity index (χ2v) is 5.62. The van der Waals surface area contributed by atoms with Crippen LogP contribution in [0.3, 0.4) is 0 Å². The molecule has 1 rings (SSSR count). The van der Waals surface area contributed by atoms with Gasteiger partial charge in [0.2, 0.25) is 0 Å². The van der Waals surface area contributed by atoms with E-state index in [1.54, 1.807) is 0 Å². The molecule has 1 atom stereocenters. The van der Waals surface area contributed by atoms with Crippen LogP contribution in [0.2, 0.25) is 0 Å². The minimum Gasteiger partial charge on any atom is -0.435 e. The van der Waals surface area contributed by atoms with E-state index in [0.717, 1.165) is 18.2 Å². The van der Waals surface area contributed by atoms with Crippen molar-refractivity contribution in [1.82, 2.24) is 0 Å². The first-order valence-corrected chi connectivity index (χ1v) is 6.82. The van der Waals surface area contributed by atoms with Crippen LogP contribution in [0, 0.1) is 0 Å². The van der Waals surface area contributed by atoms with Crippen LogP contribution in [0.25, 0.3) is 0 Å². The molecular formula is C11H8BrF5O2S. The van der Waals surface area contributed by atoms with Crippen LogP contribution in [-0.2, 0) is 4.79 Å². The Morgan fingerprint density at radius 2 is 1.95 bits per heavy atom. The van der Waals surface area contributed by atoms with Gasteiger partial charge in [0.15, 0.2) is 0 Å². The Bertz CT molecular complexity index is 492. The average Bonchev–Trinajstić information content (AvgIpc) is 2.27. The first-order chi connectivity index (χ1) is 9.10. The fraction of sp³-hybridized carbons (Fsp3) is 0.364. The molecule has 0 fully saturated rings. The molecule has 1 aromatic carbocycles. The maximum absolute atomic E-state index is 12.4. The van der Waals surface area contributed by atoms with Crippen molar-refractivity contribution in [2.45, 2.75) is 28.8 Å². The smallest absolute Gasteiger partial charge is 0.435 e. The monoisotopic (exact) mass is 378 g/mol. The van der Waals surface area contributed by atoms with Gasteiger partial charge in [0, 0.05) is 4.90 Å². The van der Waals surface area contributed by atoms with E-state index in [-0.39, 0.29) is 16.2 Å². The SMILES string of the molecule is CC(=O)C(Br)c1cc(OC(F)F)ccc1SC(F)(F)F. The number of ether oxygens (including phenoxy) is 1. The second kappa shape index (κ2) is 6.75. The predicted molar refractivity (Wildman–Crippen MR) is 67.3 cm³/mol. The van der Waals surface area contributed by atoms with E-state index in [2.05, 4.69) is 20.7 Å². The molecule has 2 nitrogen and oxygen atoms in total. The summed E-state index contributed by atoms with van der Waals surface area (Å²) < 4.78 is 65.5. The lowest BCUT2D eigenvalue weighted by Gasteiger charge is -2.15. The number of halogens is 6. The van der Waals surface area contributed by atoms with E-state index in [1.165, 1.54) is 6.92 Å². The second-order valence-electron chi connectivity index (χ2n) is 3.60. The van der Waals surface area contributed by atoms with E-state index >= 15 is 0 Å². The summed E-state index contributed by atoms with van der Waals surface area (Å²) in [6, 6.07) is 2.97. The highest BCUT2D eigenvalue weighted by Crippen LogP contribution is 2.43. The van der Waals surface area contributed by atoms with Gasteiger partial charge >= 0.3 is 12.1 Å². The number of benzene rings is 1. The minimum atomic E-state index is -4.55. The predicted octanol–water partition coefficient (Wildman–Crippen LogP) is 4.92. The van der Waals surface area contributed by atoms with Crippen LogP contribution in [0.5, 0.6) is 5.75 Å². The quantitative estimate of drug-likeness (QED) is 0.413. The van der Waals surface area contributed by atoms with E-state index in [0.29, 0.717) is 0 Å². The highest BCUT2D eigenvalue weighted by Gasteiger charge is 2.32. The third-order valence-electron chi connectivity index (χ3n) is 2.06. The molecule has 1 aromatic rings. The van der Waals surface area contributed by atoms with Crippen LogP contribution in [-0.4, -0.2) is 17.9 Å². The number of carbonyl (C=O) groups excluding carboxylic acids is 1. The molecule has 0 N–H and O–H groups in total. The molecule has 0 heterocycles. The van der Waals surface area contributed by atoms with Gasteiger partial charge in [-0.2, -0.15) is 22.0 Å². The summed E-state index contributed by atoms with van der Waals surface area (Å²) in [5.41, 5.74) is -4.62. The van der Waals surface area contributed by atoms with Gasteiger partial charge in [-0.1, -0.05) is 15.9 Å². The lowest BCUT2D eigenvalue weighted by Crippen LogP contribution is -2.08. The zero-order valence-electron chi connectivity index (χ0n) is 9.88. The first kappa shape index (κ1) is 17.2. The fourth-order valence-electron chi connectivity index (χ4n) is 1.34. The van der Waals surface area contributed by atoms with Crippen LogP contribution in [0.15, 0.2) is 23.1 Å². The van der Waals surface area contributed by atoms with Gasteiger partial charge in [-0.25, -0.2) is 0 Å². The molecule has 0 saturated carbocycles. The number of hydrogen-bond acceptors (Lipinski definition) is 3. The Labute approximate surface area is 123 Å². The molecular weight excluding hydrogens is 371 g/mol. The summed E-state index contributed by atoms with van der Waals surface area (Å²) in [5.74, 6) is -0.768. The molecule has 0 saturated heterocycles. The molecule has 0 amide bonds. The van der Waals surface area contributed by atoms with Gasteiger partial charge < -0.3 is 4.74 Å². The number of alkyl halides is 6. The van der Waals surface area contributed by atoms with E-state index in [4.69, 9.17) is 0 Å². The molecule has 0 spiro atoms. The molecule has 0 radical (unpaired) electrons. The molecule has 0 aliphatic carbocycles. The highest BCUT2D eigenvalue weighted by molar-refractivity contribution is 9.09. The van der Waals surface area contributed by atoms with Gasteiger partial charge in [0.25, 0.3) is 0 Å². The minimum absolute atomic E-state index is 0.0713. The van der Waals surface area contributed by atoms with Crippen LogP contribution in [0.1, 0.15) is 17.3 Å². The first-order valence-electron chi connectivity index (χ1n) is 5.09. The average molecular weight is 379 g/mol. The van der Waals surface area contributed by atoms with Gasteiger partial charge in [-0.05, 0) is 42.4 Å². The number of hydrogen-bond donors (Lipinski definition) is 0. The summed E-state index contributed by atoms with van der Waals surface area (Å²) in [5, 5.41) is 0. The van der Waals surface area contributed by atoms with Crippen molar-refractivity contribution in [2.24, 2.45) is 0 Å². The summed E-state index contributed by atoms with van der Waals surface area (Å²) in [7, 11) is 0. The van der Waals surface area contributed by atoms with Crippen LogP contribution >= 0.6 is 27.7 Å². The van der Waals surface area contributed by atoms with Gasteiger partial charge in [0.05, 0.1) is 4.83 Å². The number of rotatable bonds is 5. The third-order valence-corrected chi connectivity index (χ3v) is 4.02. The maximum Gasteiger partial charge on any atom is 0.446 e. The third kappa shape index (κ3) is 5.28. The van der Waals surface area contributed by atoms with Crippen LogP contribution < -0.4 is 4.74 Å². The van der Waals surface area contributed by atoms with Crippen molar-refractivity contribution in [2.75, 3.05) is 0 Å². The van der Waals surface area contributed by atoms with Gasteiger partial charge in [0.1, 0.15) is 11.5 Å². The van der Waals surface area contributed by atoms with Crippen molar-refractivity contribution in [3.05, 3.63) is 23.8 Å². The molecule has 0 bridgehead atoms. The van der Waals surface area contributed by atoms with E-state index in [1.807, 2.05) is 0 Å². The van der Waals surface area contributed by atoms with Crippen molar-refractivity contribution in [1.29, 1.82) is 0 Å². The number of ketones is 1. The summed E-state index contributed by atoms with van der Waals surface area (Å²) in [4.78, 5) is 9.98. The molecule has 1 unspecified atom stereocenters. The van der Waals surface area contributed by atoms with Crippen molar-refractivity contribution in [3.63, 3.8) is 0 Å². The summed E-state index contributed by atoms with van der Waals surface area (Å²) in [6.07, 6.45) is 0. The van der Waals surface area contributed by atoms with Crippen molar-refractivity contribution in [3.8, 4) is 5.75 Å². The number of Topliss-reactive ketones (excluding diaryl/α,β-unsaturated/α-hetero) is 1. The Kier molecular flexibility index (Phi) is 5.81. The Morgan fingerprint density at radius 3 is 2.40 bits per heavy atom. The number of thioether (sulfide) groups is 1. The normalized spacial score (nSPS) is 13.4. The zero-order valence-corrected chi connectivity index (χ0v) is 12.3. The zero-order chi connectivity index (χ0) is 15.5. The Hall–Kier alpha value is -0.830. The Morgan fingerprint density at radius 1 is 1.35 bits per heavy atom. The molecule has 20 heavy (non-hydrogen) atoms. The molecule has 9 heteroatoms. The standard InChI is InChI=1S/C11H8BrF5O2S/c1-5(18)9(12)7-4-6(19-10(13)14)2-3-8(7)20-11(15,16)17/h2-4,9-10H,1H3. The molecule has 112 valence electrons. The van der Waals surface area contributed by atoms with Crippen LogP contribution in [0.4, 0.5) is 22.0 Å². The lowest BCUT2D eigenvalue weighted by molar-refractivity contribution is -0.116. The summed E-state index contributed by atoms with van der Waals surface area (Å²) >= 11 is 2.51. The van der Waals surface area contributed by atoms with Crippen molar-refractivity contribution >= 4 is 33.5 Å². The molecule has 0 aliphatic rings. The molecule has 0 aliphatic heterocycles. The van der Waals surface area contributed by atoms with E-state index < -0.39 is 34.5 Å². The lowest BCUT2D eigenvalue weighted by atomic mass is 10.1. The van der Waals surface area contributed by atoms with E-state index in [9.17, 15) is 26.7 Å². The topological polar surface area (TPSA) is 26.3 Å². The largest absolute Gasteiger partial charge is 0.446 e. The Balaban J connectivity index is 3.19. The fourth-order valence-corrected chi connectivity index (χ4v) is 2.55. The maximum atomic E-state index is 12.4. The highest BCUT2D eigenvalue weighted by atomic mass is 79.9. The van der Waals surface area contributed by atoms with Gasteiger partial charge in [-0.3, -0.25) is 4.79 Å². The van der Waals surface area contributed by atoms with Gasteiger partial charge in [-0.15, -0.1) is 0 Å².